The van der Waals surface area contributed by atoms with Gasteiger partial charge in [-0.25, -0.2) is 0 Å². The molecule has 0 aliphatic carbocycles. The molecular formula is C15H8ClI2NO. The van der Waals surface area contributed by atoms with E-state index in [1.807, 2.05) is 12.1 Å². The Morgan fingerprint density at radius 1 is 1.20 bits per heavy atom. The Balaban J connectivity index is 2.52. The Bertz CT molecular complexity index is 718. The second-order valence-electron chi connectivity index (χ2n) is 4.00. The number of aromatic hydroxyl groups is 1. The number of halogens is 3. The molecule has 0 saturated heterocycles. The van der Waals surface area contributed by atoms with Crippen LogP contribution in [0, 0.1) is 18.5 Å². The summed E-state index contributed by atoms with van der Waals surface area (Å²) >= 11 is 10.1. The van der Waals surface area contributed by atoms with E-state index < -0.39 is 0 Å². The molecule has 0 radical (unpaired) electrons. The molecule has 0 aromatic heterocycles. The van der Waals surface area contributed by atoms with Gasteiger partial charge >= 0.3 is 0 Å². The average molecular weight is 507 g/mol. The minimum absolute atomic E-state index is 0.188. The maximum atomic E-state index is 10.1. The number of phenolic OH excluding ortho intramolecular Hbond substituents is 1. The minimum atomic E-state index is 0.188. The van der Waals surface area contributed by atoms with Gasteiger partial charge in [-0.1, -0.05) is 23.7 Å². The van der Waals surface area contributed by atoms with Crippen LogP contribution in [0.4, 0.5) is 0 Å². The quantitative estimate of drug-likeness (QED) is 0.340. The van der Waals surface area contributed by atoms with Gasteiger partial charge < -0.3 is 5.11 Å². The Morgan fingerprint density at radius 2 is 1.85 bits per heavy atom. The summed E-state index contributed by atoms with van der Waals surface area (Å²) in [7, 11) is 0. The smallest absolute Gasteiger partial charge is 0.136 e. The van der Waals surface area contributed by atoms with E-state index in [0.717, 1.165) is 12.7 Å². The van der Waals surface area contributed by atoms with E-state index in [0.29, 0.717) is 16.2 Å². The third-order valence-corrected chi connectivity index (χ3v) is 4.33. The summed E-state index contributed by atoms with van der Waals surface area (Å²) in [5.41, 5.74) is 1.88. The van der Waals surface area contributed by atoms with Crippen LogP contribution in [-0.4, -0.2) is 5.11 Å². The number of nitriles is 1. The number of phenols is 1. The van der Waals surface area contributed by atoms with Crippen LogP contribution in [0.3, 0.4) is 0 Å². The van der Waals surface area contributed by atoms with Gasteiger partial charge in [0.1, 0.15) is 5.75 Å². The number of rotatable bonds is 2. The average Bonchev–Trinajstić information content (AvgIpc) is 2.42. The topological polar surface area (TPSA) is 44.0 Å². The molecule has 2 aromatic rings. The maximum absolute atomic E-state index is 10.1. The Kier molecular flexibility index (Phi) is 5.29. The Morgan fingerprint density at radius 3 is 2.45 bits per heavy atom. The number of benzene rings is 2. The molecule has 2 aromatic carbocycles. The summed E-state index contributed by atoms with van der Waals surface area (Å²) in [6.45, 7) is 0. The summed E-state index contributed by atoms with van der Waals surface area (Å²) in [4.78, 5) is 0. The molecule has 0 heterocycles. The normalized spacial score (nSPS) is 11.2. The molecule has 0 atom stereocenters. The molecule has 0 unspecified atom stereocenters. The van der Waals surface area contributed by atoms with Crippen molar-refractivity contribution in [2.45, 2.75) is 0 Å². The first-order valence-corrected chi connectivity index (χ1v) is 8.10. The van der Waals surface area contributed by atoms with Gasteiger partial charge in [-0.3, -0.25) is 0 Å². The summed E-state index contributed by atoms with van der Waals surface area (Å²) < 4.78 is 1.76. The largest absolute Gasteiger partial charge is 0.506 e. The molecule has 100 valence electrons. The molecular weight excluding hydrogens is 499 g/mol. The van der Waals surface area contributed by atoms with E-state index in [-0.39, 0.29) is 5.75 Å². The predicted octanol–water partition coefficient (Wildman–Crippen LogP) is 5.32. The second kappa shape index (κ2) is 6.78. The first kappa shape index (κ1) is 15.6. The van der Waals surface area contributed by atoms with Crippen LogP contribution in [0.1, 0.15) is 11.1 Å². The fourth-order valence-electron chi connectivity index (χ4n) is 1.66. The lowest BCUT2D eigenvalue weighted by Crippen LogP contribution is -1.86. The number of hydrogen-bond donors (Lipinski definition) is 1. The number of hydrogen-bond acceptors (Lipinski definition) is 2. The van der Waals surface area contributed by atoms with E-state index in [2.05, 4.69) is 51.3 Å². The lowest BCUT2D eigenvalue weighted by atomic mass is 10.0. The van der Waals surface area contributed by atoms with Crippen LogP contribution >= 0.6 is 56.8 Å². The molecule has 0 bridgehead atoms. The molecule has 0 spiro atoms. The van der Waals surface area contributed by atoms with Crippen molar-refractivity contribution in [1.82, 2.24) is 0 Å². The number of nitrogens with zero attached hydrogens (tertiary/aromatic N) is 1. The zero-order valence-corrected chi connectivity index (χ0v) is 15.1. The van der Waals surface area contributed by atoms with Crippen LogP contribution in [0.5, 0.6) is 5.75 Å². The maximum Gasteiger partial charge on any atom is 0.136 e. The lowest BCUT2D eigenvalue weighted by Gasteiger charge is -2.05. The van der Waals surface area contributed by atoms with Gasteiger partial charge in [0, 0.05) is 14.2 Å². The number of allylic oxidation sites excluding steroid dienone is 1. The fraction of sp³-hybridized carbons (Fsp3) is 0. The van der Waals surface area contributed by atoms with Crippen molar-refractivity contribution in [3.8, 4) is 11.8 Å². The van der Waals surface area contributed by atoms with Crippen LogP contribution in [0.25, 0.3) is 11.6 Å². The van der Waals surface area contributed by atoms with Crippen LogP contribution < -0.4 is 0 Å². The van der Waals surface area contributed by atoms with E-state index in [4.69, 9.17) is 11.6 Å². The van der Waals surface area contributed by atoms with Crippen molar-refractivity contribution in [2.24, 2.45) is 0 Å². The standard InChI is InChI=1S/C15H8ClI2NO/c16-12-3-1-9(2-4-12)11(8-19)5-10-6-13(17)7-14(18)15(10)20/h1-7,20H/b11-5-. The van der Waals surface area contributed by atoms with Crippen LogP contribution in [0.15, 0.2) is 36.4 Å². The molecule has 20 heavy (non-hydrogen) atoms. The fourth-order valence-corrected chi connectivity index (χ4v) is 3.68. The van der Waals surface area contributed by atoms with E-state index in [9.17, 15) is 10.4 Å². The molecule has 2 rings (SSSR count). The van der Waals surface area contributed by atoms with Gasteiger partial charge in [0.15, 0.2) is 0 Å². The molecule has 0 amide bonds. The first-order valence-electron chi connectivity index (χ1n) is 5.57. The summed E-state index contributed by atoms with van der Waals surface area (Å²) in [5.74, 6) is 0.188. The highest BCUT2D eigenvalue weighted by Gasteiger charge is 2.08. The Labute approximate surface area is 149 Å². The highest BCUT2D eigenvalue weighted by atomic mass is 127. The van der Waals surface area contributed by atoms with Crippen molar-refractivity contribution in [3.05, 3.63) is 59.7 Å². The highest BCUT2D eigenvalue weighted by Crippen LogP contribution is 2.30. The molecule has 0 saturated carbocycles. The van der Waals surface area contributed by atoms with E-state index in [1.54, 1.807) is 30.3 Å². The monoisotopic (exact) mass is 507 g/mol. The summed E-state index contributed by atoms with van der Waals surface area (Å²) in [6.07, 6.45) is 1.68. The van der Waals surface area contributed by atoms with Crippen LogP contribution in [0.2, 0.25) is 5.02 Å². The van der Waals surface area contributed by atoms with E-state index in [1.165, 1.54) is 0 Å². The van der Waals surface area contributed by atoms with Gasteiger partial charge in [-0.15, -0.1) is 0 Å². The van der Waals surface area contributed by atoms with Crippen molar-refractivity contribution in [1.29, 1.82) is 5.26 Å². The molecule has 2 nitrogen and oxygen atoms in total. The summed E-state index contributed by atoms with van der Waals surface area (Å²) in [5, 5.41) is 20.0. The summed E-state index contributed by atoms with van der Waals surface area (Å²) in [6, 6.07) is 12.9. The van der Waals surface area contributed by atoms with Crippen molar-refractivity contribution in [3.63, 3.8) is 0 Å². The SMILES string of the molecule is N#C/C(=C/c1cc(I)cc(I)c1O)c1ccc(Cl)cc1. The molecule has 1 N–H and O–H groups in total. The van der Waals surface area contributed by atoms with Crippen LogP contribution in [-0.2, 0) is 0 Å². The van der Waals surface area contributed by atoms with Crippen molar-refractivity contribution >= 4 is 68.4 Å². The molecule has 0 fully saturated rings. The van der Waals surface area contributed by atoms with E-state index >= 15 is 0 Å². The molecule has 0 aliphatic heterocycles. The molecule has 5 heteroatoms. The molecule has 0 aliphatic rings. The minimum Gasteiger partial charge on any atom is -0.506 e. The van der Waals surface area contributed by atoms with Gasteiger partial charge in [0.2, 0.25) is 0 Å². The van der Waals surface area contributed by atoms with Gasteiger partial charge in [0.05, 0.1) is 15.2 Å². The Hall–Kier alpha value is -0.780. The third kappa shape index (κ3) is 3.65. The zero-order valence-electron chi connectivity index (χ0n) is 10.1. The first-order chi connectivity index (χ1) is 9.51. The predicted molar refractivity (Wildman–Crippen MR) is 98.5 cm³/mol. The third-order valence-electron chi connectivity index (χ3n) is 2.63. The van der Waals surface area contributed by atoms with Gasteiger partial charge in [0.25, 0.3) is 0 Å². The van der Waals surface area contributed by atoms with Gasteiger partial charge in [-0.05, 0) is 81.1 Å². The van der Waals surface area contributed by atoms with Crippen molar-refractivity contribution in [2.75, 3.05) is 0 Å². The van der Waals surface area contributed by atoms with Gasteiger partial charge in [-0.2, -0.15) is 5.26 Å². The lowest BCUT2D eigenvalue weighted by molar-refractivity contribution is 0.470. The zero-order chi connectivity index (χ0) is 14.7. The van der Waals surface area contributed by atoms with Crippen molar-refractivity contribution < 1.29 is 5.11 Å². The highest BCUT2D eigenvalue weighted by molar-refractivity contribution is 14.1. The second-order valence-corrected chi connectivity index (χ2v) is 6.85.